The number of halogens is 1. The molecule has 8 heteroatoms. The summed E-state index contributed by atoms with van der Waals surface area (Å²) < 4.78 is 5.38. The Hall–Kier alpha value is -2.64. The zero-order chi connectivity index (χ0) is 24.5. The first kappa shape index (κ1) is 26.0. The Labute approximate surface area is 206 Å². The fourth-order valence-corrected chi connectivity index (χ4v) is 4.37. The minimum absolute atomic E-state index is 0.0775. The Morgan fingerprint density at radius 1 is 1.21 bits per heavy atom. The summed E-state index contributed by atoms with van der Waals surface area (Å²) in [6, 6.07) is 1.84. The van der Waals surface area contributed by atoms with Crippen molar-refractivity contribution in [1.82, 2.24) is 4.90 Å². The highest BCUT2D eigenvalue weighted by atomic mass is 35.5. The van der Waals surface area contributed by atoms with Crippen LogP contribution < -0.4 is 0 Å². The van der Waals surface area contributed by atoms with E-state index in [1.165, 1.54) is 0 Å². The van der Waals surface area contributed by atoms with Crippen molar-refractivity contribution in [2.24, 2.45) is 5.16 Å². The first-order valence-corrected chi connectivity index (χ1v) is 12.2. The Morgan fingerprint density at radius 3 is 2.71 bits per heavy atom. The van der Waals surface area contributed by atoms with Crippen molar-refractivity contribution in [2.45, 2.75) is 58.5 Å². The van der Waals surface area contributed by atoms with Gasteiger partial charge >= 0.3 is 5.97 Å². The van der Waals surface area contributed by atoms with Gasteiger partial charge in [-0.3, -0.25) is 4.79 Å². The lowest BCUT2D eigenvalue weighted by Gasteiger charge is -2.26. The molecule has 0 spiro atoms. The number of carbonyl (C=O) groups is 2. The van der Waals surface area contributed by atoms with Gasteiger partial charge in [0.15, 0.2) is 6.61 Å². The molecule has 1 unspecified atom stereocenters. The quantitative estimate of drug-likeness (QED) is 0.389. The first-order valence-electron chi connectivity index (χ1n) is 11.8. The van der Waals surface area contributed by atoms with E-state index in [1.54, 1.807) is 6.08 Å². The molecular weight excluding hydrogens is 456 g/mol. The van der Waals surface area contributed by atoms with Crippen LogP contribution in [0.1, 0.15) is 59.2 Å². The highest BCUT2D eigenvalue weighted by Crippen LogP contribution is 2.29. The second-order valence-corrected chi connectivity index (χ2v) is 9.10. The van der Waals surface area contributed by atoms with E-state index < -0.39 is 12.1 Å². The van der Waals surface area contributed by atoms with Gasteiger partial charge in [0.2, 0.25) is 0 Å². The molecule has 0 radical (unpaired) electrons. The Balaban J connectivity index is 1.88. The molecule has 2 aliphatic rings. The van der Waals surface area contributed by atoms with E-state index in [-0.39, 0.29) is 25.5 Å². The van der Waals surface area contributed by atoms with Crippen molar-refractivity contribution in [3.8, 4) is 0 Å². The summed E-state index contributed by atoms with van der Waals surface area (Å²) in [4.78, 5) is 32.6. The molecule has 1 saturated heterocycles. The van der Waals surface area contributed by atoms with Crippen LogP contribution in [0.25, 0.3) is 0 Å². The van der Waals surface area contributed by atoms with Crippen molar-refractivity contribution in [3.63, 3.8) is 0 Å². The molecule has 1 fully saturated rings. The molecule has 0 aliphatic carbocycles. The molecule has 2 heterocycles. The number of hydrogen-bond acceptors (Lipinski definition) is 6. The predicted octanol–water partition coefficient (Wildman–Crippen LogP) is 4.31. The number of aryl methyl sites for hydroxylation is 2. The third-order valence-corrected chi connectivity index (χ3v) is 6.46. The molecule has 2 aliphatic heterocycles. The summed E-state index contributed by atoms with van der Waals surface area (Å²) in [7, 11) is 0. The average molecular weight is 489 g/mol. The zero-order valence-electron chi connectivity index (χ0n) is 19.9. The van der Waals surface area contributed by atoms with Crippen LogP contribution in [-0.2, 0) is 20.8 Å². The van der Waals surface area contributed by atoms with Gasteiger partial charge in [-0.25, -0.2) is 4.79 Å². The number of nitrogens with zero attached hydrogens (tertiary/aromatic N) is 2. The normalized spacial score (nSPS) is 22.9. The number of rotatable bonds is 3. The summed E-state index contributed by atoms with van der Waals surface area (Å²) in [6.07, 6.45) is 11.2. The van der Waals surface area contributed by atoms with Gasteiger partial charge in [0, 0.05) is 24.5 Å². The van der Waals surface area contributed by atoms with Gasteiger partial charge in [-0.2, -0.15) is 0 Å². The van der Waals surface area contributed by atoms with Crippen molar-refractivity contribution < 1.29 is 24.3 Å². The summed E-state index contributed by atoms with van der Waals surface area (Å²) in [6.45, 7) is 4.94. The molecule has 1 aromatic carbocycles. The standard InChI is InChI=1S/C26H33ClN2O5/c1-18-14-19(2)25(27)22-15-20(28-34-17-23(31)29-12-8-5-9-13-29)10-6-3-4-7-11-21(30)16-33-26(32)24(18)22/h6-7,10-11,14,21,30H,3-5,8-9,12-13,15-17H2,1-2H3/b10-6+,11-7+,28-20-. The van der Waals surface area contributed by atoms with Crippen LogP contribution in [0.3, 0.4) is 0 Å². The summed E-state index contributed by atoms with van der Waals surface area (Å²) in [5.74, 6) is -0.630. The smallest absolute Gasteiger partial charge is 0.338 e. The van der Waals surface area contributed by atoms with Gasteiger partial charge in [0.05, 0.1) is 11.3 Å². The lowest BCUT2D eigenvalue weighted by molar-refractivity contribution is -0.137. The van der Waals surface area contributed by atoms with Crippen LogP contribution in [0.5, 0.6) is 0 Å². The molecule has 34 heavy (non-hydrogen) atoms. The van der Waals surface area contributed by atoms with E-state index in [0.717, 1.165) is 49.9 Å². The number of aliphatic hydroxyl groups is 1. The van der Waals surface area contributed by atoms with Crippen molar-refractivity contribution in [3.05, 3.63) is 57.6 Å². The van der Waals surface area contributed by atoms with Gasteiger partial charge in [-0.05, 0) is 68.7 Å². The van der Waals surface area contributed by atoms with Gasteiger partial charge in [-0.15, -0.1) is 0 Å². The van der Waals surface area contributed by atoms with E-state index >= 15 is 0 Å². The number of amides is 1. The van der Waals surface area contributed by atoms with Gasteiger partial charge < -0.3 is 19.6 Å². The number of esters is 1. The summed E-state index contributed by atoms with van der Waals surface area (Å²) >= 11 is 6.63. The third kappa shape index (κ3) is 7.18. The SMILES string of the molecule is Cc1cc(C)c2c(c1Cl)CC(=N\OCC(=O)N1CCCCC1)/C=C/CC/C=C/C(O)COC2=O. The maximum Gasteiger partial charge on any atom is 0.338 e. The van der Waals surface area contributed by atoms with Crippen molar-refractivity contribution in [2.75, 3.05) is 26.3 Å². The third-order valence-electron chi connectivity index (χ3n) is 5.93. The summed E-state index contributed by atoms with van der Waals surface area (Å²) in [5, 5.41) is 14.7. The number of benzene rings is 1. The van der Waals surface area contributed by atoms with Gasteiger partial charge in [0.25, 0.3) is 5.91 Å². The topological polar surface area (TPSA) is 88.4 Å². The number of ether oxygens (including phenoxy) is 1. The number of piperidine rings is 1. The fourth-order valence-electron chi connectivity index (χ4n) is 4.16. The maximum atomic E-state index is 12.9. The molecule has 1 amide bonds. The first-order chi connectivity index (χ1) is 16.4. The van der Waals surface area contributed by atoms with Crippen LogP contribution >= 0.6 is 11.6 Å². The number of fused-ring (bicyclic) bond motifs is 1. The number of oxime groups is 1. The van der Waals surface area contributed by atoms with E-state index in [9.17, 15) is 14.7 Å². The molecule has 0 saturated carbocycles. The van der Waals surface area contributed by atoms with Gasteiger partial charge in [0.1, 0.15) is 12.7 Å². The second-order valence-electron chi connectivity index (χ2n) is 8.73. The van der Waals surface area contributed by atoms with E-state index in [4.69, 9.17) is 21.2 Å². The molecule has 1 aromatic rings. The van der Waals surface area contributed by atoms with Crippen LogP contribution in [-0.4, -0.2) is 60.0 Å². The Kier molecular flexibility index (Phi) is 9.72. The zero-order valence-corrected chi connectivity index (χ0v) is 20.6. The van der Waals surface area contributed by atoms with E-state index in [0.29, 0.717) is 28.3 Å². The number of carbonyl (C=O) groups excluding carboxylic acids is 2. The number of allylic oxidation sites excluding steroid dienone is 3. The van der Waals surface area contributed by atoms with Crippen LogP contribution in [0, 0.1) is 13.8 Å². The van der Waals surface area contributed by atoms with Gasteiger partial charge in [-0.1, -0.05) is 41.1 Å². The van der Waals surface area contributed by atoms with Crippen LogP contribution in [0.2, 0.25) is 5.02 Å². The Bertz CT molecular complexity index is 980. The number of aliphatic hydroxyl groups excluding tert-OH is 1. The number of likely N-dealkylation sites (tertiary alicyclic amines) is 1. The van der Waals surface area contributed by atoms with Crippen LogP contribution in [0.4, 0.5) is 0 Å². The van der Waals surface area contributed by atoms with E-state index in [2.05, 4.69) is 5.16 Å². The van der Waals surface area contributed by atoms with Crippen molar-refractivity contribution in [1.29, 1.82) is 0 Å². The molecular formula is C26H33ClN2O5. The fraction of sp³-hybridized carbons (Fsp3) is 0.500. The van der Waals surface area contributed by atoms with Crippen LogP contribution in [0.15, 0.2) is 35.5 Å². The second kappa shape index (κ2) is 12.7. The lowest BCUT2D eigenvalue weighted by atomic mass is 9.94. The molecule has 7 nitrogen and oxygen atoms in total. The molecule has 0 aromatic heterocycles. The monoisotopic (exact) mass is 488 g/mol. The predicted molar refractivity (Wildman–Crippen MR) is 132 cm³/mol. The average Bonchev–Trinajstić information content (AvgIpc) is 2.82. The highest BCUT2D eigenvalue weighted by Gasteiger charge is 2.23. The highest BCUT2D eigenvalue weighted by molar-refractivity contribution is 6.33. The Morgan fingerprint density at radius 2 is 1.94 bits per heavy atom. The minimum atomic E-state index is -0.872. The van der Waals surface area contributed by atoms with Crippen molar-refractivity contribution >= 4 is 29.2 Å². The summed E-state index contributed by atoms with van der Waals surface area (Å²) in [5.41, 5.74) is 3.05. The number of cyclic esters (lactones) is 1. The molecule has 1 atom stereocenters. The molecule has 184 valence electrons. The lowest BCUT2D eigenvalue weighted by Crippen LogP contribution is -2.37. The maximum absolute atomic E-state index is 12.9. The minimum Gasteiger partial charge on any atom is -0.459 e. The molecule has 0 bridgehead atoms. The number of hydrogen-bond donors (Lipinski definition) is 1. The molecule has 3 rings (SSSR count). The van der Waals surface area contributed by atoms with E-state index in [1.807, 2.05) is 43.0 Å². The molecule has 1 N–H and O–H groups in total. The largest absolute Gasteiger partial charge is 0.459 e.